The number of hydrogen-bond acceptors (Lipinski definition) is 3. The highest BCUT2D eigenvalue weighted by molar-refractivity contribution is 6.06. The molecule has 0 saturated heterocycles. The van der Waals surface area contributed by atoms with Gasteiger partial charge in [0.1, 0.15) is 12.0 Å². The summed E-state index contributed by atoms with van der Waals surface area (Å²) in [7, 11) is 0. The van der Waals surface area contributed by atoms with Gasteiger partial charge in [0.2, 0.25) is 0 Å². The molecule has 4 nitrogen and oxygen atoms in total. The van der Waals surface area contributed by atoms with Crippen molar-refractivity contribution in [1.29, 1.82) is 0 Å². The van der Waals surface area contributed by atoms with E-state index in [9.17, 15) is 4.79 Å². The standard InChI is InChI=1S/C16H18N2O2/c1-11-4-5-15-12(7-11)3-2-6-18(15)16(19)13-8-14(9-17)20-10-13/h4-5,7-8,10H,2-3,6,9,17H2,1H3. The molecule has 2 heterocycles. The molecule has 1 aromatic heterocycles. The van der Waals surface area contributed by atoms with Crippen LogP contribution in [0.4, 0.5) is 5.69 Å². The molecule has 0 aliphatic carbocycles. The zero-order chi connectivity index (χ0) is 14.1. The van der Waals surface area contributed by atoms with Crippen LogP contribution in [0.5, 0.6) is 0 Å². The lowest BCUT2D eigenvalue weighted by Gasteiger charge is -2.29. The first-order chi connectivity index (χ1) is 9.69. The summed E-state index contributed by atoms with van der Waals surface area (Å²) in [6.07, 6.45) is 3.51. The molecule has 0 spiro atoms. The maximum Gasteiger partial charge on any atom is 0.261 e. The number of fused-ring (bicyclic) bond motifs is 1. The Kier molecular flexibility index (Phi) is 3.32. The summed E-state index contributed by atoms with van der Waals surface area (Å²) in [5, 5.41) is 0. The SMILES string of the molecule is Cc1ccc2c(c1)CCCN2C(=O)c1coc(CN)c1. The van der Waals surface area contributed by atoms with E-state index in [2.05, 4.69) is 13.0 Å². The minimum atomic E-state index is -0.0155. The van der Waals surface area contributed by atoms with Crippen molar-refractivity contribution >= 4 is 11.6 Å². The minimum Gasteiger partial charge on any atom is -0.467 e. The van der Waals surface area contributed by atoms with Gasteiger partial charge >= 0.3 is 0 Å². The number of carbonyl (C=O) groups is 1. The van der Waals surface area contributed by atoms with E-state index in [1.165, 1.54) is 17.4 Å². The monoisotopic (exact) mass is 270 g/mol. The number of nitrogens with zero attached hydrogens (tertiary/aromatic N) is 1. The van der Waals surface area contributed by atoms with Crippen molar-refractivity contribution in [2.45, 2.75) is 26.3 Å². The predicted molar refractivity (Wildman–Crippen MR) is 77.8 cm³/mol. The average Bonchev–Trinajstić information content (AvgIpc) is 2.94. The zero-order valence-electron chi connectivity index (χ0n) is 11.6. The van der Waals surface area contributed by atoms with Crippen molar-refractivity contribution in [3.8, 4) is 0 Å². The number of hydrogen-bond donors (Lipinski definition) is 1. The summed E-state index contributed by atoms with van der Waals surface area (Å²) in [5.41, 5.74) is 9.57. The van der Waals surface area contributed by atoms with Crippen LogP contribution in [0.25, 0.3) is 0 Å². The average molecular weight is 270 g/mol. The third-order valence-corrected chi connectivity index (χ3v) is 3.70. The van der Waals surface area contributed by atoms with Gasteiger partial charge in [0.15, 0.2) is 0 Å². The van der Waals surface area contributed by atoms with Crippen molar-refractivity contribution in [2.75, 3.05) is 11.4 Å². The van der Waals surface area contributed by atoms with E-state index in [1.807, 2.05) is 17.0 Å². The van der Waals surface area contributed by atoms with Crippen molar-refractivity contribution in [3.05, 3.63) is 53.0 Å². The molecule has 0 fully saturated rings. The molecule has 0 atom stereocenters. The fraction of sp³-hybridized carbons (Fsp3) is 0.312. The van der Waals surface area contributed by atoms with Gasteiger partial charge in [0, 0.05) is 12.2 Å². The van der Waals surface area contributed by atoms with E-state index in [-0.39, 0.29) is 5.91 Å². The van der Waals surface area contributed by atoms with Crippen molar-refractivity contribution in [1.82, 2.24) is 0 Å². The Morgan fingerprint density at radius 3 is 3.00 bits per heavy atom. The van der Waals surface area contributed by atoms with Crippen LogP contribution in [-0.4, -0.2) is 12.5 Å². The summed E-state index contributed by atoms with van der Waals surface area (Å²) in [6, 6.07) is 7.97. The molecule has 1 amide bonds. The Hall–Kier alpha value is -2.07. The van der Waals surface area contributed by atoms with Crippen molar-refractivity contribution in [2.24, 2.45) is 5.73 Å². The zero-order valence-corrected chi connectivity index (χ0v) is 11.6. The Morgan fingerprint density at radius 2 is 2.25 bits per heavy atom. The molecule has 4 heteroatoms. The van der Waals surface area contributed by atoms with Crippen LogP contribution in [-0.2, 0) is 13.0 Å². The van der Waals surface area contributed by atoms with Gasteiger partial charge in [-0.15, -0.1) is 0 Å². The van der Waals surface area contributed by atoms with Crippen LogP contribution in [0.3, 0.4) is 0 Å². The number of nitrogens with two attached hydrogens (primary N) is 1. The summed E-state index contributed by atoms with van der Waals surface area (Å²) >= 11 is 0. The fourth-order valence-electron chi connectivity index (χ4n) is 2.69. The molecular weight excluding hydrogens is 252 g/mol. The van der Waals surface area contributed by atoms with Gasteiger partial charge in [-0.05, 0) is 37.5 Å². The highest BCUT2D eigenvalue weighted by Crippen LogP contribution is 2.29. The Balaban J connectivity index is 1.93. The van der Waals surface area contributed by atoms with E-state index in [1.54, 1.807) is 6.07 Å². The summed E-state index contributed by atoms with van der Waals surface area (Å²) < 4.78 is 5.26. The second-order valence-corrected chi connectivity index (χ2v) is 5.20. The van der Waals surface area contributed by atoms with E-state index < -0.39 is 0 Å². The first kappa shape index (κ1) is 12.9. The predicted octanol–water partition coefficient (Wildman–Crippen LogP) is 2.64. The van der Waals surface area contributed by atoms with Crippen LogP contribution in [0.15, 0.2) is 34.9 Å². The normalized spacial score (nSPS) is 14.2. The molecule has 1 aliphatic heterocycles. The summed E-state index contributed by atoms with van der Waals surface area (Å²) in [4.78, 5) is 14.4. The molecule has 104 valence electrons. The smallest absolute Gasteiger partial charge is 0.261 e. The summed E-state index contributed by atoms with van der Waals surface area (Å²) in [6.45, 7) is 3.13. The molecule has 0 unspecified atom stereocenters. The van der Waals surface area contributed by atoms with Crippen LogP contribution in [0.2, 0.25) is 0 Å². The third kappa shape index (κ3) is 2.23. The number of anilines is 1. The number of aryl methyl sites for hydroxylation is 2. The highest BCUT2D eigenvalue weighted by atomic mass is 16.3. The largest absolute Gasteiger partial charge is 0.467 e. The number of carbonyl (C=O) groups excluding carboxylic acids is 1. The number of benzene rings is 1. The number of amides is 1. The van der Waals surface area contributed by atoms with E-state index in [0.717, 1.165) is 25.1 Å². The van der Waals surface area contributed by atoms with Crippen LogP contribution >= 0.6 is 0 Å². The molecule has 2 N–H and O–H groups in total. The lowest BCUT2D eigenvalue weighted by atomic mass is 9.99. The lowest BCUT2D eigenvalue weighted by Crippen LogP contribution is -2.35. The van der Waals surface area contributed by atoms with Crippen molar-refractivity contribution in [3.63, 3.8) is 0 Å². The first-order valence-corrected chi connectivity index (χ1v) is 6.88. The van der Waals surface area contributed by atoms with Gasteiger partial charge in [0.05, 0.1) is 12.1 Å². The van der Waals surface area contributed by atoms with Gasteiger partial charge in [-0.1, -0.05) is 17.7 Å². The second kappa shape index (κ2) is 5.13. The van der Waals surface area contributed by atoms with Gasteiger partial charge in [-0.2, -0.15) is 0 Å². The molecule has 1 aromatic carbocycles. The molecule has 0 radical (unpaired) electrons. The van der Waals surface area contributed by atoms with Crippen LogP contribution in [0.1, 0.15) is 33.7 Å². The molecule has 20 heavy (non-hydrogen) atoms. The molecule has 0 bridgehead atoms. The van der Waals surface area contributed by atoms with Gasteiger partial charge in [0.25, 0.3) is 5.91 Å². The Morgan fingerprint density at radius 1 is 1.40 bits per heavy atom. The lowest BCUT2D eigenvalue weighted by molar-refractivity contribution is 0.0984. The Bertz CT molecular complexity index is 646. The molecule has 0 saturated carbocycles. The molecule has 1 aliphatic rings. The quantitative estimate of drug-likeness (QED) is 0.912. The summed E-state index contributed by atoms with van der Waals surface area (Å²) in [5.74, 6) is 0.618. The van der Waals surface area contributed by atoms with E-state index >= 15 is 0 Å². The van der Waals surface area contributed by atoms with Crippen LogP contribution in [0, 0.1) is 6.92 Å². The van der Waals surface area contributed by atoms with E-state index in [0.29, 0.717) is 17.9 Å². The van der Waals surface area contributed by atoms with Gasteiger partial charge in [-0.3, -0.25) is 4.79 Å². The Labute approximate surface area is 118 Å². The first-order valence-electron chi connectivity index (χ1n) is 6.88. The van der Waals surface area contributed by atoms with Crippen LogP contribution < -0.4 is 10.6 Å². The number of furan rings is 1. The van der Waals surface area contributed by atoms with Gasteiger partial charge in [-0.25, -0.2) is 0 Å². The van der Waals surface area contributed by atoms with Gasteiger partial charge < -0.3 is 15.1 Å². The maximum absolute atomic E-state index is 12.6. The minimum absolute atomic E-state index is 0.0155. The molecular formula is C16H18N2O2. The van der Waals surface area contributed by atoms with Crippen molar-refractivity contribution < 1.29 is 9.21 Å². The topological polar surface area (TPSA) is 59.5 Å². The van der Waals surface area contributed by atoms with E-state index in [4.69, 9.17) is 10.2 Å². The maximum atomic E-state index is 12.6. The second-order valence-electron chi connectivity index (χ2n) is 5.20. The third-order valence-electron chi connectivity index (χ3n) is 3.70. The highest BCUT2D eigenvalue weighted by Gasteiger charge is 2.24. The molecule has 2 aromatic rings. The fourth-order valence-corrected chi connectivity index (χ4v) is 2.69. The molecule has 3 rings (SSSR count). The number of rotatable bonds is 2.